The highest BCUT2D eigenvalue weighted by atomic mass is 16.5. The predicted octanol–water partition coefficient (Wildman–Crippen LogP) is 2.96. The second-order valence-electron chi connectivity index (χ2n) is 5.35. The number of benzene rings is 2. The molecule has 0 spiro atoms. The van der Waals surface area contributed by atoms with E-state index in [9.17, 15) is 5.11 Å². The summed E-state index contributed by atoms with van der Waals surface area (Å²) in [6, 6.07) is 13.8. The summed E-state index contributed by atoms with van der Waals surface area (Å²) in [5, 5.41) is 9.26. The Balaban J connectivity index is 1.80. The minimum absolute atomic E-state index is 0.0334. The topological polar surface area (TPSA) is 47.9 Å². The minimum atomic E-state index is -0.136. The molecular formula is C18H20O4. The molecule has 3 rings (SSSR count). The molecule has 0 saturated carbocycles. The van der Waals surface area contributed by atoms with Crippen molar-refractivity contribution in [3.63, 3.8) is 0 Å². The maximum Gasteiger partial charge on any atom is 0.165 e. The average molecular weight is 300 g/mol. The van der Waals surface area contributed by atoms with Crippen LogP contribution in [0.2, 0.25) is 0 Å². The number of aliphatic hydroxyl groups is 1. The zero-order valence-electron chi connectivity index (χ0n) is 12.6. The molecule has 0 radical (unpaired) electrons. The largest absolute Gasteiger partial charge is 0.493 e. The third-order valence-corrected chi connectivity index (χ3v) is 3.82. The molecule has 116 valence electrons. The van der Waals surface area contributed by atoms with Crippen LogP contribution in [0.3, 0.4) is 0 Å². The van der Waals surface area contributed by atoms with E-state index in [2.05, 4.69) is 0 Å². The molecule has 1 aliphatic heterocycles. The van der Waals surface area contributed by atoms with Crippen LogP contribution in [0.1, 0.15) is 17.5 Å². The van der Waals surface area contributed by atoms with Gasteiger partial charge in [0.05, 0.1) is 13.7 Å². The molecule has 4 heteroatoms. The Labute approximate surface area is 130 Å². The van der Waals surface area contributed by atoms with Crippen molar-refractivity contribution in [3.05, 3.63) is 53.6 Å². The molecule has 1 atom stereocenters. The number of aryl methyl sites for hydroxylation is 1. The Morgan fingerprint density at radius 1 is 1.18 bits per heavy atom. The van der Waals surface area contributed by atoms with Crippen molar-refractivity contribution in [2.45, 2.75) is 25.6 Å². The van der Waals surface area contributed by atoms with E-state index < -0.39 is 0 Å². The van der Waals surface area contributed by atoms with E-state index in [0.29, 0.717) is 18.1 Å². The van der Waals surface area contributed by atoms with Crippen LogP contribution < -0.4 is 14.2 Å². The molecule has 1 heterocycles. The van der Waals surface area contributed by atoms with E-state index >= 15 is 0 Å². The number of aliphatic hydroxyl groups excluding tert-OH is 1. The van der Waals surface area contributed by atoms with Crippen LogP contribution in [0.25, 0.3) is 0 Å². The van der Waals surface area contributed by atoms with Gasteiger partial charge >= 0.3 is 0 Å². The third kappa shape index (κ3) is 3.17. The van der Waals surface area contributed by atoms with E-state index in [1.54, 1.807) is 7.11 Å². The summed E-state index contributed by atoms with van der Waals surface area (Å²) in [5.41, 5.74) is 2.19. The molecule has 0 saturated heterocycles. The smallest absolute Gasteiger partial charge is 0.165 e. The number of hydrogen-bond acceptors (Lipinski definition) is 4. The number of ether oxygens (including phenoxy) is 3. The zero-order chi connectivity index (χ0) is 15.4. The lowest BCUT2D eigenvalue weighted by Gasteiger charge is -2.26. The third-order valence-electron chi connectivity index (χ3n) is 3.82. The summed E-state index contributed by atoms with van der Waals surface area (Å²) < 4.78 is 17.1. The normalized spacial score (nSPS) is 16.5. The lowest BCUT2D eigenvalue weighted by atomic mass is 10.0. The molecule has 0 bridgehead atoms. The van der Waals surface area contributed by atoms with Gasteiger partial charge in [-0.15, -0.1) is 0 Å². The summed E-state index contributed by atoms with van der Waals surface area (Å²) in [7, 11) is 1.64. The first-order valence-corrected chi connectivity index (χ1v) is 7.45. The van der Waals surface area contributed by atoms with Crippen LogP contribution in [-0.4, -0.2) is 24.9 Å². The molecule has 0 fully saturated rings. The monoisotopic (exact) mass is 300 g/mol. The molecule has 0 amide bonds. The van der Waals surface area contributed by atoms with Crippen molar-refractivity contribution in [2.24, 2.45) is 0 Å². The molecule has 4 nitrogen and oxygen atoms in total. The van der Waals surface area contributed by atoms with Gasteiger partial charge in [-0.2, -0.15) is 0 Å². The molecule has 22 heavy (non-hydrogen) atoms. The SMILES string of the molecule is COc1cc2c(cc1OCc1ccccc1)OC(CO)CC2. The maximum atomic E-state index is 9.26. The van der Waals surface area contributed by atoms with E-state index in [1.165, 1.54) is 0 Å². The molecule has 1 N–H and O–H groups in total. The first-order valence-electron chi connectivity index (χ1n) is 7.45. The van der Waals surface area contributed by atoms with Gasteiger partial charge < -0.3 is 19.3 Å². The van der Waals surface area contributed by atoms with Crippen LogP contribution in [-0.2, 0) is 13.0 Å². The number of methoxy groups -OCH3 is 1. The zero-order valence-corrected chi connectivity index (χ0v) is 12.6. The van der Waals surface area contributed by atoms with E-state index in [-0.39, 0.29) is 12.7 Å². The van der Waals surface area contributed by atoms with Gasteiger partial charge in [0, 0.05) is 6.07 Å². The van der Waals surface area contributed by atoms with Gasteiger partial charge in [0.25, 0.3) is 0 Å². The minimum Gasteiger partial charge on any atom is -0.493 e. The lowest BCUT2D eigenvalue weighted by Crippen LogP contribution is -2.26. The Hall–Kier alpha value is -2.20. The fourth-order valence-electron chi connectivity index (χ4n) is 2.58. The first-order chi connectivity index (χ1) is 10.8. The predicted molar refractivity (Wildman–Crippen MR) is 83.6 cm³/mol. The summed E-state index contributed by atoms with van der Waals surface area (Å²) in [6.07, 6.45) is 1.55. The molecule has 1 unspecified atom stereocenters. The van der Waals surface area contributed by atoms with Crippen molar-refractivity contribution in [2.75, 3.05) is 13.7 Å². The Morgan fingerprint density at radius 2 is 2.00 bits per heavy atom. The van der Waals surface area contributed by atoms with Crippen molar-refractivity contribution in [3.8, 4) is 17.2 Å². The van der Waals surface area contributed by atoms with Crippen molar-refractivity contribution in [1.29, 1.82) is 0 Å². The van der Waals surface area contributed by atoms with Gasteiger partial charge in [-0.3, -0.25) is 0 Å². The molecule has 1 aliphatic rings. The van der Waals surface area contributed by atoms with E-state index in [4.69, 9.17) is 14.2 Å². The van der Waals surface area contributed by atoms with Gasteiger partial charge in [0.15, 0.2) is 11.5 Å². The van der Waals surface area contributed by atoms with E-state index in [1.807, 2.05) is 42.5 Å². The van der Waals surface area contributed by atoms with Gasteiger partial charge in [0.2, 0.25) is 0 Å². The Kier molecular flexibility index (Phi) is 4.49. The maximum absolute atomic E-state index is 9.26. The first kappa shape index (κ1) is 14.7. The van der Waals surface area contributed by atoms with Gasteiger partial charge in [-0.05, 0) is 30.0 Å². The summed E-state index contributed by atoms with van der Waals surface area (Å²) in [4.78, 5) is 0. The molecule has 0 aromatic heterocycles. The molecular weight excluding hydrogens is 280 g/mol. The molecule has 0 aliphatic carbocycles. The van der Waals surface area contributed by atoms with Gasteiger partial charge in [0.1, 0.15) is 18.5 Å². The highest BCUT2D eigenvalue weighted by molar-refractivity contribution is 5.51. The summed E-state index contributed by atoms with van der Waals surface area (Å²) in [6.45, 7) is 0.505. The average Bonchev–Trinajstić information content (AvgIpc) is 2.59. The fraction of sp³-hybridized carbons (Fsp3) is 0.333. The van der Waals surface area contributed by atoms with Gasteiger partial charge in [-0.1, -0.05) is 30.3 Å². The number of rotatable bonds is 5. The fourth-order valence-corrected chi connectivity index (χ4v) is 2.58. The highest BCUT2D eigenvalue weighted by Gasteiger charge is 2.22. The number of fused-ring (bicyclic) bond motifs is 1. The summed E-state index contributed by atoms with van der Waals surface area (Å²) >= 11 is 0. The Bertz CT molecular complexity index is 624. The Morgan fingerprint density at radius 3 is 2.73 bits per heavy atom. The highest BCUT2D eigenvalue weighted by Crippen LogP contribution is 2.38. The van der Waals surface area contributed by atoms with Crippen LogP contribution in [0.4, 0.5) is 0 Å². The van der Waals surface area contributed by atoms with Crippen LogP contribution in [0.15, 0.2) is 42.5 Å². The second kappa shape index (κ2) is 6.71. The summed E-state index contributed by atoms with van der Waals surface area (Å²) in [5.74, 6) is 2.14. The number of hydrogen-bond donors (Lipinski definition) is 1. The van der Waals surface area contributed by atoms with Crippen LogP contribution in [0, 0.1) is 0 Å². The second-order valence-corrected chi connectivity index (χ2v) is 5.35. The van der Waals surface area contributed by atoms with Crippen LogP contribution in [0.5, 0.6) is 17.2 Å². The van der Waals surface area contributed by atoms with Crippen molar-refractivity contribution < 1.29 is 19.3 Å². The molecule has 2 aromatic carbocycles. The van der Waals surface area contributed by atoms with Gasteiger partial charge in [-0.25, -0.2) is 0 Å². The van der Waals surface area contributed by atoms with E-state index in [0.717, 1.165) is 29.7 Å². The van der Waals surface area contributed by atoms with Crippen molar-refractivity contribution in [1.82, 2.24) is 0 Å². The standard InChI is InChI=1S/C18H20O4/c1-20-17-9-14-7-8-15(11-19)22-16(14)10-18(17)21-12-13-5-3-2-4-6-13/h2-6,9-10,15,19H,7-8,11-12H2,1H3. The molecule has 2 aromatic rings. The lowest BCUT2D eigenvalue weighted by molar-refractivity contribution is 0.0971. The quantitative estimate of drug-likeness (QED) is 0.922. The van der Waals surface area contributed by atoms with Crippen molar-refractivity contribution >= 4 is 0 Å². The van der Waals surface area contributed by atoms with Crippen LogP contribution >= 0.6 is 0 Å².